The van der Waals surface area contributed by atoms with Gasteiger partial charge in [0, 0.05) is 6.42 Å². The van der Waals surface area contributed by atoms with E-state index in [4.69, 9.17) is 28.4 Å². The lowest BCUT2D eigenvalue weighted by molar-refractivity contribution is -0.150. The van der Waals surface area contributed by atoms with Crippen LogP contribution >= 0.6 is 0 Å². The van der Waals surface area contributed by atoms with Crippen molar-refractivity contribution in [3.63, 3.8) is 0 Å². The second-order valence-electron chi connectivity index (χ2n) is 7.84. The van der Waals surface area contributed by atoms with E-state index in [9.17, 15) is 4.79 Å². The maximum Gasteiger partial charge on any atom is 0.305 e. The first kappa shape index (κ1) is 24.5. The van der Waals surface area contributed by atoms with Crippen molar-refractivity contribution in [2.75, 3.05) is 66.1 Å². The molecule has 1 saturated carbocycles. The van der Waals surface area contributed by atoms with Crippen molar-refractivity contribution in [3.8, 4) is 0 Å². The quantitative estimate of drug-likeness (QED) is 0.466. The SMILES string of the molecule is O=C(CCCCC1CCCCC1)OCC1COCCOCCOCCOCCO1. The fourth-order valence-electron chi connectivity index (χ4n) is 3.73. The van der Waals surface area contributed by atoms with Crippen molar-refractivity contribution in [3.05, 3.63) is 0 Å². The van der Waals surface area contributed by atoms with Crippen LogP contribution in [0.2, 0.25) is 0 Å². The van der Waals surface area contributed by atoms with Crippen LogP contribution < -0.4 is 0 Å². The lowest BCUT2D eigenvalue weighted by Crippen LogP contribution is -2.29. The fraction of sp³-hybridized carbons (Fsp3) is 0.955. The van der Waals surface area contributed by atoms with Crippen LogP contribution in [0, 0.1) is 5.92 Å². The summed E-state index contributed by atoms with van der Waals surface area (Å²) in [5.41, 5.74) is 0. The third-order valence-corrected chi connectivity index (χ3v) is 5.40. The number of carbonyl (C=O) groups is 1. The van der Waals surface area contributed by atoms with Gasteiger partial charge in [-0.1, -0.05) is 44.9 Å². The van der Waals surface area contributed by atoms with Crippen LogP contribution in [-0.4, -0.2) is 78.1 Å². The van der Waals surface area contributed by atoms with E-state index in [1.165, 1.54) is 38.5 Å². The van der Waals surface area contributed by atoms with Gasteiger partial charge in [0.2, 0.25) is 0 Å². The van der Waals surface area contributed by atoms with Crippen LogP contribution in [0.5, 0.6) is 0 Å². The summed E-state index contributed by atoms with van der Waals surface area (Å²) in [6, 6.07) is 0. The Balaban J connectivity index is 1.56. The minimum atomic E-state index is -0.286. The molecule has 1 saturated heterocycles. The molecule has 0 aromatic carbocycles. The molecule has 1 atom stereocenters. The van der Waals surface area contributed by atoms with E-state index in [1.54, 1.807) is 0 Å². The molecule has 7 heteroatoms. The maximum absolute atomic E-state index is 12.1. The summed E-state index contributed by atoms with van der Waals surface area (Å²) in [5.74, 6) is 0.724. The van der Waals surface area contributed by atoms with E-state index in [2.05, 4.69) is 0 Å². The summed E-state index contributed by atoms with van der Waals surface area (Å²) < 4.78 is 33.1. The van der Waals surface area contributed by atoms with Gasteiger partial charge in [0.25, 0.3) is 0 Å². The molecule has 1 aliphatic carbocycles. The van der Waals surface area contributed by atoms with E-state index in [0.29, 0.717) is 65.9 Å². The molecule has 170 valence electrons. The van der Waals surface area contributed by atoms with Crippen LogP contribution in [0.1, 0.15) is 57.8 Å². The van der Waals surface area contributed by atoms with Gasteiger partial charge in [0.05, 0.1) is 59.5 Å². The molecule has 0 bridgehead atoms. The topological polar surface area (TPSA) is 72.5 Å². The number of hydrogen-bond acceptors (Lipinski definition) is 7. The van der Waals surface area contributed by atoms with E-state index in [1.807, 2.05) is 0 Å². The highest BCUT2D eigenvalue weighted by atomic mass is 16.6. The largest absolute Gasteiger partial charge is 0.463 e. The van der Waals surface area contributed by atoms with E-state index >= 15 is 0 Å². The summed E-state index contributed by atoms with van der Waals surface area (Å²) in [6.45, 7) is 4.65. The average Bonchev–Trinajstić information content (AvgIpc) is 2.76. The minimum Gasteiger partial charge on any atom is -0.463 e. The molecule has 0 aromatic heterocycles. The lowest BCUT2D eigenvalue weighted by Gasteiger charge is -2.21. The van der Waals surface area contributed by atoms with Crippen molar-refractivity contribution in [1.29, 1.82) is 0 Å². The molecule has 1 aliphatic heterocycles. The Bertz CT molecular complexity index is 383. The van der Waals surface area contributed by atoms with Gasteiger partial charge in [0.15, 0.2) is 0 Å². The van der Waals surface area contributed by atoms with Crippen molar-refractivity contribution >= 4 is 5.97 Å². The number of esters is 1. The van der Waals surface area contributed by atoms with Crippen LogP contribution in [0.25, 0.3) is 0 Å². The van der Waals surface area contributed by atoms with Crippen LogP contribution in [0.4, 0.5) is 0 Å². The highest BCUT2D eigenvalue weighted by Crippen LogP contribution is 2.27. The molecular formula is C22H40O7. The van der Waals surface area contributed by atoms with E-state index < -0.39 is 0 Å². The number of hydrogen-bond donors (Lipinski definition) is 0. The second kappa shape index (κ2) is 17.0. The molecule has 29 heavy (non-hydrogen) atoms. The minimum absolute atomic E-state index is 0.148. The van der Waals surface area contributed by atoms with Crippen molar-refractivity contribution in [2.24, 2.45) is 5.92 Å². The Morgan fingerprint density at radius 2 is 1.38 bits per heavy atom. The van der Waals surface area contributed by atoms with Gasteiger partial charge in [-0.2, -0.15) is 0 Å². The fourth-order valence-corrected chi connectivity index (χ4v) is 3.73. The smallest absolute Gasteiger partial charge is 0.305 e. The normalized spacial score (nSPS) is 24.3. The molecule has 0 spiro atoms. The summed E-state index contributed by atoms with van der Waals surface area (Å²) >= 11 is 0. The summed E-state index contributed by atoms with van der Waals surface area (Å²) in [7, 11) is 0. The zero-order valence-electron chi connectivity index (χ0n) is 17.9. The summed E-state index contributed by atoms with van der Waals surface area (Å²) in [4.78, 5) is 12.1. The van der Waals surface area contributed by atoms with Gasteiger partial charge in [-0.05, 0) is 12.3 Å². The molecule has 1 heterocycles. The van der Waals surface area contributed by atoms with E-state index in [-0.39, 0.29) is 18.7 Å². The Morgan fingerprint density at radius 3 is 2.07 bits per heavy atom. The summed E-state index contributed by atoms with van der Waals surface area (Å²) in [6.07, 6.45) is 10.3. The average molecular weight is 417 g/mol. The van der Waals surface area contributed by atoms with Gasteiger partial charge in [-0.15, -0.1) is 0 Å². The molecule has 2 aliphatic rings. The van der Waals surface area contributed by atoms with Gasteiger partial charge in [-0.25, -0.2) is 0 Å². The van der Waals surface area contributed by atoms with E-state index in [0.717, 1.165) is 18.8 Å². The molecule has 7 nitrogen and oxygen atoms in total. The number of carbonyl (C=O) groups excluding carboxylic acids is 1. The monoisotopic (exact) mass is 416 g/mol. The summed E-state index contributed by atoms with van der Waals surface area (Å²) in [5, 5.41) is 0. The zero-order chi connectivity index (χ0) is 20.4. The molecule has 0 N–H and O–H groups in total. The molecule has 1 unspecified atom stereocenters. The highest BCUT2D eigenvalue weighted by Gasteiger charge is 2.15. The zero-order valence-corrected chi connectivity index (χ0v) is 17.9. The Hall–Kier alpha value is -0.730. The number of unbranched alkanes of at least 4 members (excludes halogenated alkanes) is 1. The van der Waals surface area contributed by atoms with Gasteiger partial charge in [-0.3, -0.25) is 4.79 Å². The molecule has 0 radical (unpaired) electrons. The Labute approximate surface area is 175 Å². The lowest BCUT2D eigenvalue weighted by atomic mass is 9.86. The van der Waals surface area contributed by atoms with Crippen LogP contribution in [-0.2, 0) is 33.2 Å². The Kier molecular flexibility index (Phi) is 14.4. The third-order valence-electron chi connectivity index (χ3n) is 5.40. The highest BCUT2D eigenvalue weighted by molar-refractivity contribution is 5.69. The predicted octanol–water partition coefficient (Wildman–Crippen LogP) is 3.14. The standard InChI is InChI=1S/C22H40O7/c23-22(9-5-4-8-20-6-2-1-3-7-20)29-19-21-18-27-15-14-25-11-10-24-12-13-26-16-17-28-21/h20-21H,1-19H2. The molecule has 0 amide bonds. The predicted molar refractivity (Wildman–Crippen MR) is 109 cm³/mol. The molecule has 2 fully saturated rings. The van der Waals surface area contributed by atoms with Gasteiger partial charge in [0.1, 0.15) is 12.7 Å². The van der Waals surface area contributed by atoms with Crippen LogP contribution in [0.3, 0.4) is 0 Å². The number of ether oxygens (including phenoxy) is 6. The maximum atomic E-state index is 12.1. The van der Waals surface area contributed by atoms with Crippen molar-refractivity contribution in [2.45, 2.75) is 63.9 Å². The first-order valence-corrected chi connectivity index (χ1v) is 11.4. The van der Waals surface area contributed by atoms with Crippen LogP contribution in [0.15, 0.2) is 0 Å². The third kappa shape index (κ3) is 13.2. The second-order valence-corrected chi connectivity index (χ2v) is 7.84. The molecular weight excluding hydrogens is 376 g/mol. The first-order valence-electron chi connectivity index (χ1n) is 11.4. The molecule has 0 aromatic rings. The van der Waals surface area contributed by atoms with Crippen molar-refractivity contribution in [1.82, 2.24) is 0 Å². The van der Waals surface area contributed by atoms with Gasteiger partial charge >= 0.3 is 5.97 Å². The first-order chi connectivity index (χ1) is 14.3. The Morgan fingerprint density at radius 1 is 0.759 bits per heavy atom. The van der Waals surface area contributed by atoms with Gasteiger partial charge < -0.3 is 28.4 Å². The number of rotatable bonds is 7. The van der Waals surface area contributed by atoms with Crippen molar-refractivity contribution < 1.29 is 33.2 Å². The molecule has 2 rings (SSSR count).